The van der Waals surface area contributed by atoms with Gasteiger partial charge < -0.3 is 10.4 Å². The molecule has 1 amide bonds. The van der Waals surface area contributed by atoms with Crippen molar-refractivity contribution in [3.8, 4) is 0 Å². The fourth-order valence-corrected chi connectivity index (χ4v) is 1.36. The van der Waals surface area contributed by atoms with Crippen LogP contribution in [-0.2, 0) is 9.59 Å². The fourth-order valence-electron chi connectivity index (χ4n) is 1.36. The summed E-state index contributed by atoms with van der Waals surface area (Å²) in [6, 6.07) is -0.746. The number of carbonyl (C=O) groups excluding carboxylic acids is 1. The zero-order chi connectivity index (χ0) is 12.4. The minimum Gasteiger partial charge on any atom is -0.480 e. The molecule has 4 nitrogen and oxygen atoms in total. The van der Waals surface area contributed by atoms with Crippen LogP contribution in [0.5, 0.6) is 0 Å². The molecule has 0 fully saturated rings. The topological polar surface area (TPSA) is 66.4 Å². The lowest BCUT2D eigenvalue weighted by atomic mass is 10.1. The predicted molar refractivity (Wildman–Crippen MR) is 63.1 cm³/mol. The van der Waals surface area contributed by atoms with Crippen LogP contribution in [0.25, 0.3) is 0 Å². The van der Waals surface area contributed by atoms with Crippen LogP contribution in [0.15, 0.2) is 12.7 Å². The molecule has 0 bridgehead atoms. The van der Waals surface area contributed by atoms with Crippen molar-refractivity contribution < 1.29 is 14.7 Å². The van der Waals surface area contributed by atoms with E-state index in [0.29, 0.717) is 19.3 Å². The SMILES string of the molecule is C=CCCC(=O)NC(CCCCC)C(=O)O. The van der Waals surface area contributed by atoms with Crippen LogP contribution in [0.1, 0.15) is 45.4 Å². The maximum absolute atomic E-state index is 11.3. The van der Waals surface area contributed by atoms with Gasteiger partial charge >= 0.3 is 5.97 Å². The average Bonchev–Trinajstić information content (AvgIpc) is 2.25. The highest BCUT2D eigenvalue weighted by Gasteiger charge is 2.18. The Hall–Kier alpha value is -1.32. The second-order valence-electron chi connectivity index (χ2n) is 3.78. The first-order valence-electron chi connectivity index (χ1n) is 5.74. The molecule has 16 heavy (non-hydrogen) atoms. The van der Waals surface area contributed by atoms with Crippen LogP contribution < -0.4 is 5.32 Å². The Morgan fingerprint density at radius 2 is 2.12 bits per heavy atom. The van der Waals surface area contributed by atoms with E-state index in [9.17, 15) is 9.59 Å². The van der Waals surface area contributed by atoms with Crippen LogP contribution >= 0.6 is 0 Å². The van der Waals surface area contributed by atoms with Gasteiger partial charge in [-0.3, -0.25) is 4.79 Å². The molecule has 0 rings (SSSR count). The number of aliphatic carboxylic acids is 1. The molecule has 92 valence electrons. The second-order valence-corrected chi connectivity index (χ2v) is 3.78. The zero-order valence-electron chi connectivity index (χ0n) is 9.87. The summed E-state index contributed by atoms with van der Waals surface area (Å²) >= 11 is 0. The van der Waals surface area contributed by atoms with Crippen molar-refractivity contribution in [2.24, 2.45) is 0 Å². The molecule has 0 saturated heterocycles. The second kappa shape index (κ2) is 8.95. The molecule has 4 heteroatoms. The van der Waals surface area contributed by atoms with Crippen molar-refractivity contribution >= 4 is 11.9 Å². The van der Waals surface area contributed by atoms with E-state index < -0.39 is 12.0 Å². The fraction of sp³-hybridized carbons (Fsp3) is 0.667. The maximum Gasteiger partial charge on any atom is 0.326 e. The van der Waals surface area contributed by atoms with Gasteiger partial charge in [0.1, 0.15) is 6.04 Å². The Morgan fingerprint density at radius 1 is 1.44 bits per heavy atom. The Morgan fingerprint density at radius 3 is 2.62 bits per heavy atom. The largest absolute Gasteiger partial charge is 0.480 e. The number of allylic oxidation sites excluding steroid dienone is 1. The van der Waals surface area contributed by atoms with Gasteiger partial charge in [0.2, 0.25) is 5.91 Å². The zero-order valence-corrected chi connectivity index (χ0v) is 9.87. The average molecular weight is 227 g/mol. The number of rotatable bonds is 9. The molecule has 0 radical (unpaired) electrons. The maximum atomic E-state index is 11.3. The van der Waals surface area contributed by atoms with Crippen molar-refractivity contribution in [2.75, 3.05) is 0 Å². The summed E-state index contributed by atoms with van der Waals surface area (Å²) < 4.78 is 0. The lowest BCUT2D eigenvalue weighted by Crippen LogP contribution is -2.40. The molecule has 0 aromatic rings. The Kier molecular flexibility index (Phi) is 8.21. The van der Waals surface area contributed by atoms with Crippen LogP contribution in [-0.4, -0.2) is 23.0 Å². The standard InChI is InChI=1S/C12H21NO3/c1-3-5-7-8-10(12(15)16)13-11(14)9-6-4-2/h4,10H,2-3,5-9H2,1H3,(H,13,14)(H,15,16). The number of hydrogen-bond acceptors (Lipinski definition) is 2. The number of nitrogens with one attached hydrogen (secondary N) is 1. The molecule has 0 heterocycles. The quantitative estimate of drug-likeness (QED) is 0.468. The Balaban J connectivity index is 3.96. The van der Waals surface area contributed by atoms with Gasteiger partial charge in [0.15, 0.2) is 0 Å². The number of carboxylic acids is 1. The minimum atomic E-state index is -0.956. The normalized spacial score (nSPS) is 11.8. The molecule has 0 saturated carbocycles. The smallest absolute Gasteiger partial charge is 0.326 e. The first-order valence-corrected chi connectivity index (χ1v) is 5.74. The molecular formula is C12H21NO3. The van der Waals surface area contributed by atoms with Crippen LogP contribution in [0.3, 0.4) is 0 Å². The van der Waals surface area contributed by atoms with Crippen LogP contribution in [0.2, 0.25) is 0 Å². The molecule has 1 atom stereocenters. The highest BCUT2D eigenvalue weighted by molar-refractivity contribution is 5.83. The third-order valence-corrected chi connectivity index (χ3v) is 2.31. The summed E-state index contributed by atoms with van der Waals surface area (Å²) in [6.45, 7) is 5.57. The molecule has 0 aromatic carbocycles. The number of carbonyl (C=O) groups is 2. The van der Waals surface area contributed by atoms with Crippen molar-refractivity contribution in [2.45, 2.75) is 51.5 Å². The van der Waals surface area contributed by atoms with Gasteiger partial charge in [-0.15, -0.1) is 6.58 Å². The molecule has 1 unspecified atom stereocenters. The number of amides is 1. The Bertz CT molecular complexity index is 238. The van der Waals surface area contributed by atoms with E-state index in [1.807, 2.05) is 0 Å². The summed E-state index contributed by atoms with van der Waals surface area (Å²) in [5.74, 6) is -1.17. The molecular weight excluding hydrogens is 206 g/mol. The molecule has 0 aromatic heterocycles. The molecule has 0 spiro atoms. The van der Waals surface area contributed by atoms with E-state index in [4.69, 9.17) is 5.11 Å². The lowest BCUT2D eigenvalue weighted by Gasteiger charge is -2.13. The number of hydrogen-bond donors (Lipinski definition) is 2. The van der Waals surface area contributed by atoms with E-state index in [2.05, 4.69) is 18.8 Å². The monoisotopic (exact) mass is 227 g/mol. The summed E-state index contributed by atoms with van der Waals surface area (Å²) in [5, 5.41) is 11.4. The van der Waals surface area contributed by atoms with E-state index in [1.54, 1.807) is 6.08 Å². The summed E-state index contributed by atoms with van der Waals surface area (Å²) in [5.41, 5.74) is 0. The van der Waals surface area contributed by atoms with Crippen molar-refractivity contribution in [3.63, 3.8) is 0 Å². The van der Waals surface area contributed by atoms with Gasteiger partial charge in [0.25, 0.3) is 0 Å². The van der Waals surface area contributed by atoms with Gasteiger partial charge in [-0.25, -0.2) is 4.79 Å². The molecule has 0 aliphatic heterocycles. The van der Waals surface area contributed by atoms with Gasteiger partial charge in [-0.1, -0.05) is 32.3 Å². The van der Waals surface area contributed by atoms with Gasteiger partial charge in [-0.2, -0.15) is 0 Å². The Labute approximate surface area is 96.7 Å². The lowest BCUT2D eigenvalue weighted by molar-refractivity contribution is -0.142. The van der Waals surface area contributed by atoms with E-state index in [1.165, 1.54) is 0 Å². The highest BCUT2D eigenvalue weighted by Crippen LogP contribution is 2.04. The first kappa shape index (κ1) is 14.7. The van der Waals surface area contributed by atoms with Gasteiger partial charge in [0.05, 0.1) is 0 Å². The minimum absolute atomic E-state index is 0.219. The van der Waals surface area contributed by atoms with Gasteiger partial charge in [-0.05, 0) is 12.8 Å². The predicted octanol–water partition coefficient (Wildman–Crippen LogP) is 2.10. The van der Waals surface area contributed by atoms with Crippen molar-refractivity contribution in [1.82, 2.24) is 5.32 Å². The van der Waals surface area contributed by atoms with E-state index in [0.717, 1.165) is 19.3 Å². The number of carboxylic acid groups (broad SMARTS) is 1. The van der Waals surface area contributed by atoms with Gasteiger partial charge in [0, 0.05) is 6.42 Å². The van der Waals surface area contributed by atoms with Crippen LogP contribution in [0.4, 0.5) is 0 Å². The van der Waals surface area contributed by atoms with Crippen molar-refractivity contribution in [1.29, 1.82) is 0 Å². The van der Waals surface area contributed by atoms with Crippen molar-refractivity contribution in [3.05, 3.63) is 12.7 Å². The van der Waals surface area contributed by atoms with Crippen LogP contribution in [0, 0.1) is 0 Å². The third kappa shape index (κ3) is 7.04. The number of unbranched alkanes of at least 4 members (excludes halogenated alkanes) is 2. The van der Waals surface area contributed by atoms with E-state index >= 15 is 0 Å². The molecule has 2 N–H and O–H groups in total. The third-order valence-electron chi connectivity index (χ3n) is 2.31. The highest BCUT2D eigenvalue weighted by atomic mass is 16.4. The first-order chi connectivity index (χ1) is 7.61. The van der Waals surface area contributed by atoms with E-state index in [-0.39, 0.29) is 5.91 Å². The molecule has 0 aliphatic rings. The summed E-state index contributed by atoms with van der Waals surface area (Å²) in [7, 11) is 0. The summed E-state index contributed by atoms with van der Waals surface area (Å²) in [6.07, 6.45) is 5.89. The molecule has 0 aliphatic carbocycles. The summed E-state index contributed by atoms with van der Waals surface area (Å²) in [4.78, 5) is 22.2.